The zero-order valence-corrected chi connectivity index (χ0v) is 15.7. The van der Waals surface area contributed by atoms with Crippen molar-refractivity contribution in [2.75, 3.05) is 0 Å². The summed E-state index contributed by atoms with van der Waals surface area (Å²) in [6.45, 7) is 1.89. The number of halogens is 3. The Labute approximate surface area is 165 Å². The molecule has 0 saturated heterocycles. The van der Waals surface area contributed by atoms with Crippen LogP contribution in [0.3, 0.4) is 0 Å². The zero-order chi connectivity index (χ0) is 20.7. The van der Waals surface area contributed by atoms with Gasteiger partial charge >= 0.3 is 0 Å². The lowest BCUT2D eigenvalue weighted by molar-refractivity contribution is 0.100. The first-order valence-corrected chi connectivity index (χ1v) is 9.29. The topological polar surface area (TPSA) is 48.0 Å². The van der Waals surface area contributed by atoms with E-state index in [0.717, 1.165) is 18.4 Å². The summed E-state index contributed by atoms with van der Waals surface area (Å²) in [4.78, 5) is 12.0. The number of carbonyl (C=O) groups is 1. The van der Waals surface area contributed by atoms with Gasteiger partial charge in [-0.15, -0.1) is 0 Å². The average Bonchev–Trinajstić information content (AvgIpc) is 2.97. The van der Waals surface area contributed by atoms with Gasteiger partial charge in [-0.05, 0) is 36.2 Å². The molecule has 0 spiro atoms. The molecular formula is C23H18F3N2O. The minimum absolute atomic E-state index is 0.163. The molecule has 0 atom stereocenters. The summed E-state index contributed by atoms with van der Waals surface area (Å²) in [6.07, 6.45) is 1.74. The maximum absolute atomic E-state index is 14.3. The molecule has 2 N–H and O–H groups in total. The minimum Gasteiger partial charge on any atom is -0.366 e. The molecule has 0 aliphatic carbocycles. The molecule has 147 valence electrons. The average molecular weight is 395 g/mol. The highest BCUT2D eigenvalue weighted by Crippen LogP contribution is 2.33. The molecule has 0 unspecified atom stereocenters. The quantitative estimate of drug-likeness (QED) is 0.501. The van der Waals surface area contributed by atoms with Gasteiger partial charge in [0, 0.05) is 34.0 Å². The van der Waals surface area contributed by atoms with Gasteiger partial charge in [0.15, 0.2) is 0 Å². The number of carbonyl (C=O) groups excluding carboxylic acids is 1. The Balaban J connectivity index is 2.04. The Kier molecular flexibility index (Phi) is 4.78. The predicted molar refractivity (Wildman–Crippen MR) is 106 cm³/mol. The fraction of sp³-hybridized carbons (Fsp3) is 0.174. The van der Waals surface area contributed by atoms with Crippen LogP contribution < -0.4 is 5.73 Å². The lowest BCUT2D eigenvalue weighted by Crippen LogP contribution is -2.11. The van der Waals surface area contributed by atoms with Gasteiger partial charge in [0.1, 0.15) is 17.5 Å². The summed E-state index contributed by atoms with van der Waals surface area (Å²) in [7, 11) is 0. The Bertz CT molecular complexity index is 1240. The van der Waals surface area contributed by atoms with Crippen molar-refractivity contribution in [3.63, 3.8) is 0 Å². The molecule has 0 aliphatic rings. The smallest absolute Gasteiger partial charge is 0.249 e. The largest absolute Gasteiger partial charge is 0.366 e. The molecule has 3 nitrogen and oxygen atoms in total. The number of hydrogen-bond acceptors (Lipinski definition) is 1. The van der Waals surface area contributed by atoms with E-state index in [1.807, 2.05) is 19.1 Å². The van der Waals surface area contributed by atoms with Gasteiger partial charge in [-0.3, -0.25) is 4.79 Å². The van der Waals surface area contributed by atoms with Crippen LogP contribution in [0.25, 0.3) is 21.8 Å². The normalized spacial score (nSPS) is 11.4. The Morgan fingerprint density at radius 1 is 1.10 bits per heavy atom. The zero-order valence-electron chi connectivity index (χ0n) is 15.7. The van der Waals surface area contributed by atoms with Gasteiger partial charge in [0.25, 0.3) is 0 Å². The van der Waals surface area contributed by atoms with E-state index < -0.39 is 23.4 Å². The molecule has 0 aliphatic heterocycles. The van der Waals surface area contributed by atoms with Gasteiger partial charge in [-0.2, -0.15) is 0 Å². The van der Waals surface area contributed by atoms with Gasteiger partial charge < -0.3 is 10.3 Å². The van der Waals surface area contributed by atoms with Crippen LogP contribution in [0.4, 0.5) is 13.2 Å². The van der Waals surface area contributed by atoms with Crippen LogP contribution in [0.1, 0.15) is 34.8 Å². The third kappa shape index (κ3) is 3.24. The van der Waals surface area contributed by atoms with Crippen LogP contribution in [-0.4, -0.2) is 10.5 Å². The molecule has 6 heteroatoms. The summed E-state index contributed by atoms with van der Waals surface area (Å²) >= 11 is 0. The van der Waals surface area contributed by atoms with E-state index >= 15 is 0 Å². The number of amides is 1. The molecule has 29 heavy (non-hydrogen) atoms. The number of rotatable bonds is 5. The molecule has 0 saturated carbocycles. The van der Waals surface area contributed by atoms with Gasteiger partial charge in [0.05, 0.1) is 17.6 Å². The van der Waals surface area contributed by atoms with Crippen LogP contribution in [0.5, 0.6) is 0 Å². The fourth-order valence-electron chi connectivity index (χ4n) is 3.79. The van der Waals surface area contributed by atoms with Gasteiger partial charge in [0.2, 0.25) is 5.91 Å². The maximum atomic E-state index is 14.3. The van der Waals surface area contributed by atoms with E-state index in [2.05, 4.69) is 6.07 Å². The van der Waals surface area contributed by atoms with Crippen molar-refractivity contribution in [1.82, 2.24) is 4.57 Å². The van der Waals surface area contributed by atoms with E-state index in [9.17, 15) is 18.0 Å². The number of aryl methyl sites for hydroxylation is 1. The number of aromatic nitrogens is 1. The highest BCUT2D eigenvalue weighted by molar-refractivity contribution is 6.17. The molecule has 1 heterocycles. The monoisotopic (exact) mass is 395 g/mol. The van der Waals surface area contributed by atoms with Crippen molar-refractivity contribution in [2.45, 2.75) is 26.3 Å². The van der Waals surface area contributed by atoms with Crippen molar-refractivity contribution < 1.29 is 18.0 Å². The number of primary amides is 1. The molecule has 1 radical (unpaired) electrons. The van der Waals surface area contributed by atoms with E-state index in [-0.39, 0.29) is 12.1 Å². The minimum atomic E-state index is -0.972. The Hall–Kier alpha value is -3.28. The first-order chi connectivity index (χ1) is 13.9. The first kappa shape index (κ1) is 19.1. The van der Waals surface area contributed by atoms with Crippen LogP contribution in [0, 0.1) is 23.5 Å². The number of hydrogen-bond donors (Lipinski definition) is 1. The van der Waals surface area contributed by atoms with Crippen LogP contribution in [0.15, 0.2) is 42.5 Å². The highest BCUT2D eigenvalue weighted by Gasteiger charge is 2.19. The van der Waals surface area contributed by atoms with Crippen LogP contribution >= 0.6 is 0 Å². The Morgan fingerprint density at radius 3 is 2.48 bits per heavy atom. The molecule has 4 rings (SSSR count). The molecule has 4 aromatic rings. The van der Waals surface area contributed by atoms with E-state index in [0.29, 0.717) is 39.5 Å². The first-order valence-electron chi connectivity index (χ1n) is 9.29. The molecular weight excluding hydrogens is 377 g/mol. The van der Waals surface area contributed by atoms with Crippen molar-refractivity contribution in [1.29, 1.82) is 0 Å². The van der Waals surface area contributed by atoms with E-state index in [1.54, 1.807) is 22.8 Å². The number of fused-ring (bicyclic) bond motifs is 3. The maximum Gasteiger partial charge on any atom is 0.249 e. The molecule has 3 aromatic carbocycles. The van der Waals surface area contributed by atoms with Gasteiger partial charge in [-0.1, -0.05) is 25.5 Å². The second kappa shape index (κ2) is 7.28. The Morgan fingerprint density at radius 2 is 1.83 bits per heavy atom. The van der Waals surface area contributed by atoms with Crippen molar-refractivity contribution in [2.24, 2.45) is 5.73 Å². The standard InChI is InChI=1S/C23H18F3N2O/c1-2-4-13-7-8-15-21(9-13)28(12-17-18(25)10-14(24)11-19(17)26)20-6-3-5-16(22(15)20)23(27)29/h3,5-7,9-11H,2,4,12H2,1H3,(H2,27,29). The van der Waals surface area contributed by atoms with Crippen LogP contribution in [0.2, 0.25) is 0 Å². The van der Waals surface area contributed by atoms with Crippen molar-refractivity contribution >= 4 is 27.7 Å². The summed E-state index contributed by atoms with van der Waals surface area (Å²) in [5.74, 6) is -3.49. The highest BCUT2D eigenvalue weighted by atomic mass is 19.1. The lowest BCUT2D eigenvalue weighted by atomic mass is 10.0. The van der Waals surface area contributed by atoms with E-state index in [4.69, 9.17) is 5.73 Å². The molecule has 0 fully saturated rings. The third-order valence-corrected chi connectivity index (χ3v) is 5.08. The molecule has 1 amide bonds. The number of nitrogens with zero attached hydrogens (tertiary/aromatic N) is 1. The second-order valence-corrected chi connectivity index (χ2v) is 7.02. The predicted octanol–water partition coefficient (Wildman–Crippen LogP) is 5.11. The van der Waals surface area contributed by atoms with Crippen molar-refractivity contribution in [3.8, 4) is 0 Å². The fourth-order valence-corrected chi connectivity index (χ4v) is 3.79. The summed E-state index contributed by atoms with van der Waals surface area (Å²) in [5.41, 5.74) is 7.91. The lowest BCUT2D eigenvalue weighted by Gasteiger charge is -2.11. The molecule has 1 aromatic heterocycles. The SMILES string of the molecule is CCCc1c[c]c2c3c(C(N)=O)cccc3n(Cc3c(F)cc(F)cc3F)c2c1. The summed E-state index contributed by atoms with van der Waals surface area (Å²) in [6, 6.07) is 13.4. The summed E-state index contributed by atoms with van der Waals surface area (Å²) in [5, 5.41) is 1.23. The molecule has 0 bridgehead atoms. The summed E-state index contributed by atoms with van der Waals surface area (Å²) < 4.78 is 43.7. The second-order valence-electron chi connectivity index (χ2n) is 7.02. The number of nitrogens with two attached hydrogens (primary N) is 1. The third-order valence-electron chi connectivity index (χ3n) is 5.08. The van der Waals surface area contributed by atoms with Crippen molar-refractivity contribution in [3.05, 3.63) is 82.7 Å². The van der Waals surface area contributed by atoms with Crippen LogP contribution in [-0.2, 0) is 13.0 Å². The van der Waals surface area contributed by atoms with E-state index in [1.165, 1.54) is 0 Å². The van der Waals surface area contributed by atoms with Gasteiger partial charge in [-0.25, -0.2) is 13.2 Å². The number of benzene rings is 3.